The number of nitrogens with zero attached hydrogens (tertiary/aromatic N) is 2. The molecule has 1 heterocycles. The Morgan fingerprint density at radius 3 is 1.79 bits per heavy atom. The predicted octanol–water partition coefficient (Wildman–Crippen LogP) is 2.30. The summed E-state index contributed by atoms with van der Waals surface area (Å²) in [5.74, 6) is 0.811. The zero-order chi connectivity index (χ0) is 9.84. The van der Waals surface area contributed by atoms with Crippen molar-refractivity contribution in [3.63, 3.8) is 0 Å². The molecule has 0 atom stereocenters. The van der Waals surface area contributed by atoms with Crippen molar-refractivity contribution in [1.29, 1.82) is 0 Å². The second kappa shape index (κ2) is 6.41. The van der Waals surface area contributed by atoms with Crippen LogP contribution in [0, 0.1) is 5.92 Å². The lowest BCUT2D eigenvalue weighted by molar-refractivity contribution is 0.100. The highest BCUT2D eigenvalue weighted by Gasteiger charge is 2.18. The van der Waals surface area contributed by atoms with Gasteiger partial charge in [-0.1, -0.05) is 21.3 Å². The molecule has 2 heteroatoms. The quantitative estimate of drug-likeness (QED) is 0.690. The molecule has 0 N–H and O–H groups in total. The van der Waals surface area contributed by atoms with E-state index in [4.69, 9.17) is 0 Å². The minimum Gasteiger partial charge on any atom is -0.301 e. The monoisotopic (exact) mass is 200 g/mol. The minimum absolute atomic E-state index is 0. The maximum absolute atomic E-state index is 2.59. The Morgan fingerprint density at radius 1 is 0.929 bits per heavy atom. The summed E-state index contributed by atoms with van der Waals surface area (Å²) in [5, 5.41) is 0. The Bertz CT molecular complexity index is 135. The smallest absolute Gasteiger partial charge is 0.0113 e. The average Bonchev–Trinajstić information content (AvgIpc) is 2.04. The third-order valence-electron chi connectivity index (χ3n) is 2.76. The van der Waals surface area contributed by atoms with Gasteiger partial charge >= 0.3 is 0 Å². The molecule has 0 aromatic carbocycles. The van der Waals surface area contributed by atoms with Gasteiger partial charge < -0.3 is 4.90 Å². The van der Waals surface area contributed by atoms with Gasteiger partial charge in [-0.3, -0.25) is 4.90 Å². The van der Waals surface area contributed by atoms with Gasteiger partial charge in [0.2, 0.25) is 0 Å². The molecule has 1 fully saturated rings. The zero-order valence-corrected chi connectivity index (χ0v) is 9.58. The largest absolute Gasteiger partial charge is 0.301 e. The zero-order valence-electron chi connectivity index (χ0n) is 9.58. The van der Waals surface area contributed by atoms with Gasteiger partial charge in [0.15, 0.2) is 0 Å². The standard InChI is InChI=1S/C11H24N2.CH4/c1-10(2)9-12-5-7-13(8-6-12)11(3)4;/h10-11H,5-9H2,1-4H3;1H4. The molecule has 1 rings (SSSR count). The van der Waals surface area contributed by atoms with Crippen LogP contribution in [0.5, 0.6) is 0 Å². The van der Waals surface area contributed by atoms with E-state index in [-0.39, 0.29) is 7.43 Å². The second-order valence-electron chi connectivity index (χ2n) is 4.82. The van der Waals surface area contributed by atoms with Crippen LogP contribution in [0.3, 0.4) is 0 Å². The summed E-state index contributed by atoms with van der Waals surface area (Å²) in [6, 6.07) is 0.723. The van der Waals surface area contributed by atoms with Crippen LogP contribution in [-0.4, -0.2) is 48.6 Å². The fraction of sp³-hybridized carbons (Fsp3) is 1.00. The van der Waals surface area contributed by atoms with Crippen LogP contribution in [0.15, 0.2) is 0 Å². The van der Waals surface area contributed by atoms with E-state index in [0.29, 0.717) is 0 Å². The summed E-state index contributed by atoms with van der Waals surface area (Å²) >= 11 is 0. The lowest BCUT2D eigenvalue weighted by atomic mass is 10.2. The van der Waals surface area contributed by atoms with Crippen molar-refractivity contribution < 1.29 is 0 Å². The molecule has 1 aliphatic heterocycles. The Labute approximate surface area is 90.3 Å². The fourth-order valence-electron chi connectivity index (χ4n) is 1.98. The van der Waals surface area contributed by atoms with E-state index in [1.54, 1.807) is 0 Å². The summed E-state index contributed by atoms with van der Waals surface area (Å²) in [6.07, 6.45) is 0. The molecule has 1 aliphatic rings. The van der Waals surface area contributed by atoms with Crippen molar-refractivity contribution in [1.82, 2.24) is 9.80 Å². The maximum atomic E-state index is 2.59. The van der Waals surface area contributed by atoms with E-state index in [1.807, 2.05) is 0 Å². The molecule has 86 valence electrons. The second-order valence-corrected chi connectivity index (χ2v) is 4.82. The summed E-state index contributed by atoms with van der Waals surface area (Å²) in [6.45, 7) is 15.5. The Balaban J connectivity index is 0.00000169. The molecule has 1 saturated heterocycles. The SMILES string of the molecule is C.CC(C)CN1CCN(C(C)C)CC1. The van der Waals surface area contributed by atoms with Crippen molar-refractivity contribution in [2.75, 3.05) is 32.7 Å². The van der Waals surface area contributed by atoms with Gasteiger partial charge in [-0.25, -0.2) is 0 Å². The molecule has 0 unspecified atom stereocenters. The van der Waals surface area contributed by atoms with Crippen LogP contribution in [0.1, 0.15) is 35.1 Å². The Morgan fingerprint density at radius 2 is 1.43 bits per heavy atom. The molecule has 0 spiro atoms. The molecule has 0 aliphatic carbocycles. The van der Waals surface area contributed by atoms with Gasteiger partial charge in [0, 0.05) is 38.8 Å². The third-order valence-corrected chi connectivity index (χ3v) is 2.76. The molecule has 0 amide bonds. The van der Waals surface area contributed by atoms with Crippen LogP contribution in [0.2, 0.25) is 0 Å². The van der Waals surface area contributed by atoms with E-state index in [0.717, 1.165) is 12.0 Å². The molecule has 0 saturated carbocycles. The van der Waals surface area contributed by atoms with E-state index < -0.39 is 0 Å². The van der Waals surface area contributed by atoms with E-state index in [2.05, 4.69) is 37.5 Å². The summed E-state index contributed by atoms with van der Waals surface area (Å²) in [5.41, 5.74) is 0. The molecule has 0 bridgehead atoms. The van der Waals surface area contributed by atoms with Gasteiger partial charge in [0.05, 0.1) is 0 Å². The highest BCUT2D eigenvalue weighted by molar-refractivity contribution is 4.74. The first kappa shape index (κ1) is 13.9. The third kappa shape index (κ3) is 4.43. The number of piperazine rings is 1. The van der Waals surface area contributed by atoms with E-state index >= 15 is 0 Å². The van der Waals surface area contributed by atoms with Crippen molar-refractivity contribution in [2.24, 2.45) is 5.92 Å². The van der Waals surface area contributed by atoms with Crippen molar-refractivity contribution in [2.45, 2.75) is 41.2 Å². The fourth-order valence-corrected chi connectivity index (χ4v) is 1.98. The Hall–Kier alpha value is -0.0800. The number of rotatable bonds is 3. The lowest BCUT2D eigenvalue weighted by Crippen LogP contribution is -2.49. The normalized spacial score (nSPS) is 20.1. The first-order chi connectivity index (χ1) is 6.09. The molecule has 2 nitrogen and oxygen atoms in total. The van der Waals surface area contributed by atoms with Crippen molar-refractivity contribution >= 4 is 0 Å². The highest BCUT2D eigenvalue weighted by atomic mass is 15.3. The first-order valence-corrected chi connectivity index (χ1v) is 5.56. The summed E-state index contributed by atoms with van der Waals surface area (Å²) in [4.78, 5) is 5.15. The van der Waals surface area contributed by atoms with Crippen LogP contribution >= 0.6 is 0 Å². The molecule has 0 aromatic rings. The summed E-state index contributed by atoms with van der Waals surface area (Å²) < 4.78 is 0. The highest BCUT2D eigenvalue weighted by Crippen LogP contribution is 2.07. The average molecular weight is 200 g/mol. The number of hydrogen-bond acceptors (Lipinski definition) is 2. The maximum Gasteiger partial charge on any atom is 0.0113 e. The van der Waals surface area contributed by atoms with Crippen molar-refractivity contribution in [3.05, 3.63) is 0 Å². The van der Waals surface area contributed by atoms with Gasteiger partial charge in [-0.05, 0) is 19.8 Å². The van der Waals surface area contributed by atoms with Gasteiger partial charge in [-0.15, -0.1) is 0 Å². The van der Waals surface area contributed by atoms with Crippen LogP contribution in [0.25, 0.3) is 0 Å². The molecule has 0 radical (unpaired) electrons. The molecule has 14 heavy (non-hydrogen) atoms. The number of hydrogen-bond donors (Lipinski definition) is 0. The van der Waals surface area contributed by atoms with Crippen LogP contribution in [0.4, 0.5) is 0 Å². The predicted molar refractivity (Wildman–Crippen MR) is 64.7 cm³/mol. The molecular weight excluding hydrogens is 172 g/mol. The Kier molecular flexibility index (Phi) is 6.38. The van der Waals surface area contributed by atoms with E-state index in [1.165, 1.54) is 32.7 Å². The van der Waals surface area contributed by atoms with E-state index in [9.17, 15) is 0 Å². The van der Waals surface area contributed by atoms with Crippen LogP contribution < -0.4 is 0 Å². The van der Waals surface area contributed by atoms with Crippen LogP contribution in [-0.2, 0) is 0 Å². The topological polar surface area (TPSA) is 6.48 Å². The van der Waals surface area contributed by atoms with Gasteiger partial charge in [0.1, 0.15) is 0 Å². The molecule has 0 aromatic heterocycles. The van der Waals surface area contributed by atoms with Gasteiger partial charge in [0.25, 0.3) is 0 Å². The summed E-state index contributed by atoms with van der Waals surface area (Å²) in [7, 11) is 0. The van der Waals surface area contributed by atoms with Gasteiger partial charge in [-0.2, -0.15) is 0 Å². The van der Waals surface area contributed by atoms with Crippen molar-refractivity contribution in [3.8, 4) is 0 Å². The molecular formula is C12H28N2. The first-order valence-electron chi connectivity index (χ1n) is 5.56. The lowest BCUT2D eigenvalue weighted by Gasteiger charge is -2.37. The minimum atomic E-state index is 0.